The molecule has 3 rings (SSSR count). The first kappa shape index (κ1) is 20.8. The Balaban J connectivity index is 0.000000237. The summed E-state index contributed by atoms with van der Waals surface area (Å²) in [5, 5.41) is 9.03. The van der Waals surface area contributed by atoms with E-state index in [4.69, 9.17) is 9.68 Å². The second-order valence-corrected chi connectivity index (χ2v) is 6.92. The normalized spacial score (nSPS) is 11.1. The Bertz CT molecular complexity index is 1100. The number of furan rings is 1. The van der Waals surface area contributed by atoms with Crippen LogP contribution >= 0.6 is 0 Å². The third-order valence-corrected chi connectivity index (χ3v) is 4.31. The van der Waals surface area contributed by atoms with Gasteiger partial charge in [0, 0.05) is 12.1 Å². The summed E-state index contributed by atoms with van der Waals surface area (Å²) in [6.07, 6.45) is 6.64. The number of hydrogen-bond donors (Lipinski definition) is 0. The molecule has 2 heterocycles. The molecule has 0 spiro atoms. The molecule has 0 aliphatic carbocycles. The molecule has 0 N–H and O–H groups in total. The molecule has 3 aromatic rings. The number of aryl methyl sites for hydroxylation is 1. The lowest BCUT2D eigenvalue weighted by molar-refractivity contribution is -0.671. The Morgan fingerprint density at radius 3 is 2.21 bits per heavy atom. The van der Waals surface area contributed by atoms with Crippen molar-refractivity contribution in [3.8, 4) is 6.07 Å². The second kappa shape index (κ2) is 9.41. The highest BCUT2D eigenvalue weighted by Gasteiger charge is 2.14. The van der Waals surface area contributed by atoms with Crippen LogP contribution in [0.3, 0.4) is 0 Å². The summed E-state index contributed by atoms with van der Waals surface area (Å²) < 4.78 is 37.7. The number of pyridine rings is 1. The summed E-state index contributed by atoms with van der Waals surface area (Å²) in [4.78, 5) is 11.7. The van der Waals surface area contributed by atoms with Crippen molar-refractivity contribution in [2.45, 2.75) is 4.90 Å². The van der Waals surface area contributed by atoms with Gasteiger partial charge in [0.05, 0.1) is 11.2 Å². The number of rotatable bonds is 4. The van der Waals surface area contributed by atoms with Gasteiger partial charge in [0.25, 0.3) is 0 Å². The van der Waals surface area contributed by atoms with Gasteiger partial charge in [-0.3, -0.25) is 4.79 Å². The van der Waals surface area contributed by atoms with Gasteiger partial charge in [0.2, 0.25) is 5.78 Å². The lowest BCUT2D eigenvalue weighted by atomic mass is 10.1. The van der Waals surface area contributed by atoms with Gasteiger partial charge in [-0.05, 0) is 35.9 Å². The standard InChI is InChI=1S/C14H11N2O2.C6H6O3S/c1-16-6-4-11(5-7-16)9-12(10-15)14(17)13-3-2-8-18-13;7-10(8,9)6-4-2-1-3-5-6/h2-9H,1H3;1-5H,(H,7,8,9)/q+1;/p-1. The van der Waals surface area contributed by atoms with E-state index in [-0.39, 0.29) is 16.2 Å². The van der Waals surface area contributed by atoms with E-state index in [0.29, 0.717) is 0 Å². The average Bonchev–Trinajstić information content (AvgIpc) is 3.22. The lowest BCUT2D eigenvalue weighted by Crippen LogP contribution is -2.25. The van der Waals surface area contributed by atoms with Crippen molar-refractivity contribution in [2.75, 3.05) is 0 Å². The van der Waals surface area contributed by atoms with Gasteiger partial charge in [0.15, 0.2) is 18.2 Å². The van der Waals surface area contributed by atoms with Crippen molar-refractivity contribution in [1.82, 2.24) is 0 Å². The van der Waals surface area contributed by atoms with Crippen LogP contribution in [0.4, 0.5) is 0 Å². The first-order valence-electron chi connectivity index (χ1n) is 7.97. The van der Waals surface area contributed by atoms with E-state index in [1.807, 2.05) is 42.2 Å². The first-order valence-corrected chi connectivity index (χ1v) is 9.38. The molecule has 2 aromatic heterocycles. The van der Waals surface area contributed by atoms with E-state index in [1.54, 1.807) is 24.3 Å². The summed E-state index contributed by atoms with van der Waals surface area (Å²) in [6.45, 7) is 0. The van der Waals surface area contributed by atoms with Gasteiger partial charge >= 0.3 is 0 Å². The van der Waals surface area contributed by atoms with Crippen molar-refractivity contribution >= 4 is 22.0 Å². The second-order valence-electron chi connectivity index (χ2n) is 5.54. The van der Waals surface area contributed by atoms with Crippen molar-refractivity contribution in [2.24, 2.45) is 7.05 Å². The highest BCUT2D eigenvalue weighted by Crippen LogP contribution is 2.12. The van der Waals surface area contributed by atoms with E-state index in [1.165, 1.54) is 30.5 Å². The number of aromatic nitrogens is 1. The molecular formula is C20H16N2O5S. The third kappa shape index (κ3) is 6.02. The fourth-order valence-corrected chi connectivity index (χ4v) is 2.54. The number of carbonyl (C=O) groups is 1. The minimum Gasteiger partial charge on any atom is -0.744 e. The van der Waals surface area contributed by atoms with Crippen LogP contribution in [0.15, 0.2) is 88.1 Å². The zero-order valence-corrected chi connectivity index (χ0v) is 15.7. The molecule has 0 unspecified atom stereocenters. The number of allylic oxidation sites excluding steroid dienone is 1. The zero-order valence-electron chi connectivity index (χ0n) is 14.8. The Morgan fingerprint density at radius 2 is 1.75 bits per heavy atom. The molecule has 0 atom stereocenters. The molecule has 0 aliphatic rings. The fraction of sp³-hybridized carbons (Fsp3) is 0.0500. The smallest absolute Gasteiger partial charge is 0.238 e. The summed E-state index contributed by atoms with van der Waals surface area (Å²) in [6, 6.07) is 15.9. The highest BCUT2D eigenvalue weighted by atomic mass is 32.2. The van der Waals surface area contributed by atoms with Gasteiger partial charge in [-0.25, -0.2) is 13.0 Å². The van der Waals surface area contributed by atoms with Gasteiger partial charge in [-0.15, -0.1) is 0 Å². The minimum absolute atomic E-state index is 0.0544. The maximum atomic E-state index is 11.9. The predicted molar refractivity (Wildman–Crippen MR) is 98.7 cm³/mol. The molecular weight excluding hydrogens is 380 g/mol. The Kier molecular flexibility index (Phi) is 6.98. The maximum Gasteiger partial charge on any atom is 0.238 e. The SMILES string of the molecule is C[n+]1ccc(C=C(C#N)C(=O)c2ccco2)cc1.O=S(=O)([O-])c1ccccc1. The molecule has 142 valence electrons. The van der Waals surface area contributed by atoms with Crippen LogP contribution in [-0.2, 0) is 17.2 Å². The van der Waals surface area contributed by atoms with E-state index in [0.717, 1.165) is 5.56 Å². The molecule has 0 fully saturated rings. The van der Waals surface area contributed by atoms with Crippen molar-refractivity contribution in [1.29, 1.82) is 5.26 Å². The Hall–Kier alpha value is -3.54. The number of carbonyl (C=O) groups excluding carboxylic acids is 1. The van der Waals surface area contributed by atoms with E-state index in [9.17, 15) is 17.8 Å². The molecule has 0 radical (unpaired) electrons. The summed E-state index contributed by atoms with van der Waals surface area (Å²) in [7, 11) is -2.36. The van der Waals surface area contributed by atoms with E-state index < -0.39 is 15.9 Å². The molecule has 0 saturated carbocycles. The Labute approximate surface area is 162 Å². The van der Waals surface area contributed by atoms with E-state index in [2.05, 4.69) is 0 Å². The number of Topliss-reactive ketones (excluding diaryl/α,β-unsaturated/α-hetero) is 1. The van der Waals surface area contributed by atoms with E-state index >= 15 is 0 Å². The summed E-state index contributed by atoms with van der Waals surface area (Å²) in [5.74, 6) is -0.236. The molecule has 28 heavy (non-hydrogen) atoms. The fourth-order valence-electron chi connectivity index (χ4n) is 2.05. The van der Waals surface area contributed by atoms with Gasteiger partial charge in [-0.2, -0.15) is 5.26 Å². The summed E-state index contributed by atoms with van der Waals surface area (Å²) >= 11 is 0. The molecule has 8 heteroatoms. The van der Waals surface area contributed by atoms with Crippen LogP contribution in [-0.4, -0.2) is 18.8 Å². The monoisotopic (exact) mass is 396 g/mol. The van der Waals surface area contributed by atoms with Crippen LogP contribution in [0, 0.1) is 11.3 Å². The summed E-state index contributed by atoms with van der Waals surface area (Å²) in [5.41, 5.74) is 0.850. The molecule has 0 amide bonds. The molecule has 1 aromatic carbocycles. The number of benzene rings is 1. The zero-order chi connectivity index (χ0) is 20.6. The molecule has 0 aliphatic heterocycles. The van der Waals surface area contributed by atoms with Crippen LogP contribution in [0.25, 0.3) is 6.08 Å². The van der Waals surface area contributed by atoms with Crippen molar-refractivity contribution < 1.29 is 26.7 Å². The number of nitriles is 1. The minimum atomic E-state index is -4.25. The highest BCUT2D eigenvalue weighted by molar-refractivity contribution is 7.85. The largest absolute Gasteiger partial charge is 0.744 e. The first-order chi connectivity index (χ1) is 13.3. The topological polar surface area (TPSA) is 115 Å². The maximum absolute atomic E-state index is 11.9. The number of nitrogens with zero attached hydrogens (tertiary/aromatic N) is 2. The molecule has 0 saturated heterocycles. The van der Waals surface area contributed by atoms with Crippen LogP contribution < -0.4 is 4.57 Å². The third-order valence-electron chi connectivity index (χ3n) is 3.46. The molecule has 7 nitrogen and oxygen atoms in total. The quantitative estimate of drug-likeness (QED) is 0.220. The predicted octanol–water partition coefficient (Wildman–Crippen LogP) is 2.48. The lowest BCUT2D eigenvalue weighted by Gasteiger charge is -2.04. The Morgan fingerprint density at radius 1 is 1.11 bits per heavy atom. The van der Waals surface area contributed by atoms with Gasteiger partial charge in [0.1, 0.15) is 28.8 Å². The average molecular weight is 396 g/mol. The molecule has 0 bridgehead atoms. The van der Waals surface area contributed by atoms with Gasteiger partial charge < -0.3 is 8.97 Å². The number of hydrogen-bond acceptors (Lipinski definition) is 6. The van der Waals surface area contributed by atoms with Crippen LogP contribution in [0.5, 0.6) is 0 Å². The van der Waals surface area contributed by atoms with Crippen molar-refractivity contribution in [3.05, 3.63) is 90.2 Å². The number of ketones is 1. The van der Waals surface area contributed by atoms with Crippen molar-refractivity contribution in [3.63, 3.8) is 0 Å². The van der Waals surface area contributed by atoms with Crippen LogP contribution in [0.1, 0.15) is 16.1 Å². The van der Waals surface area contributed by atoms with Gasteiger partial charge in [-0.1, -0.05) is 18.2 Å². The van der Waals surface area contributed by atoms with Crippen LogP contribution in [0.2, 0.25) is 0 Å².